The van der Waals surface area contributed by atoms with Crippen molar-refractivity contribution < 1.29 is 24.6 Å². The van der Waals surface area contributed by atoms with E-state index < -0.39 is 0 Å². The fourth-order valence-electron chi connectivity index (χ4n) is 0. The maximum atomic E-state index is 2.25. The van der Waals surface area contributed by atoms with Crippen LogP contribution < -0.4 is 0 Å². The van der Waals surface area contributed by atoms with Crippen molar-refractivity contribution in [2.75, 3.05) is 0 Å². The third-order valence-corrected chi connectivity index (χ3v) is 11.4. The van der Waals surface area contributed by atoms with E-state index in [1.54, 1.807) is 0 Å². The molecule has 0 aromatic heterocycles. The summed E-state index contributed by atoms with van der Waals surface area (Å²) in [5.41, 5.74) is 0. The summed E-state index contributed by atoms with van der Waals surface area (Å²) in [6, 6.07) is 0. The fraction of sp³-hybridized carbons (Fsp3) is 1.00. The molecule has 2 heteroatoms. The van der Waals surface area contributed by atoms with Crippen molar-refractivity contribution in [3.63, 3.8) is 0 Å². The average Bonchev–Trinajstić information content (AvgIpc) is 1.35. The summed E-state index contributed by atoms with van der Waals surface area (Å²) < 4.78 is 0.545. The molecule has 0 saturated heterocycles. The summed E-state index contributed by atoms with van der Waals surface area (Å²) >= 11 is 0.921. The van der Waals surface area contributed by atoms with Crippen molar-refractivity contribution in [1.82, 2.24) is 0 Å². The third kappa shape index (κ3) is 5.29. The molecule has 0 rings (SSSR count). The molecular weight excluding hydrogens is 281 g/mol. The Morgan fingerprint density at radius 3 is 1.50 bits per heavy atom. The van der Waals surface area contributed by atoms with E-state index in [-0.39, 0.29) is 0 Å². The van der Waals surface area contributed by atoms with E-state index in [0.29, 0.717) is 4.75 Å². The van der Waals surface area contributed by atoms with Crippen LogP contribution in [-0.2, 0) is 24.6 Å². The third-order valence-electron chi connectivity index (χ3n) is 0.433. The molecule has 0 aromatic rings. The van der Waals surface area contributed by atoms with Crippen LogP contribution in [-0.4, -0.2) is 4.75 Å². The predicted octanol–water partition coefficient (Wildman–Crippen LogP) is 1.98. The zero-order valence-electron chi connectivity index (χ0n) is 4.62. The zero-order chi connectivity index (χ0) is 5.21. The molecule has 0 fully saturated rings. The Morgan fingerprint density at radius 1 is 1.33 bits per heavy atom. The zero-order valence-corrected chi connectivity index (χ0v) is 10.9. The molecule has 0 atom stereocenters. The second-order valence-electron chi connectivity index (χ2n) is 2.26. The molecule has 0 nitrogen and oxygen atoms in total. The van der Waals surface area contributed by atoms with Crippen LogP contribution in [0.25, 0.3) is 0 Å². The molecule has 0 aromatic carbocycles. The van der Waals surface area contributed by atoms with E-state index in [4.69, 9.17) is 0 Å². The Morgan fingerprint density at radius 2 is 1.50 bits per heavy atom. The average molecular weight is 290 g/mol. The molecule has 0 N–H and O–H groups in total. The molecule has 0 unspecified atom stereocenters. The van der Waals surface area contributed by atoms with Gasteiger partial charge in [-0.25, -0.2) is 0 Å². The molecular formula is C4H9HgS. The van der Waals surface area contributed by atoms with Crippen LogP contribution in [0.1, 0.15) is 20.8 Å². The Kier molecular flexibility index (Phi) is 3.11. The second kappa shape index (κ2) is 2.56. The quantitative estimate of drug-likeness (QED) is 0.615. The van der Waals surface area contributed by atoms with E-state index >= 15 is 0 Å². The van der Waals surface area contributed by atoms with Gasteiger partial charge in [-0.3, -0.25) is 0 Å². The molecule has 0 aliphatic rings. The topological polar surface area (TPSA) is 0 Å². The fourth-order valence-corrected chi connectivity index (χ4v) is 0. The van der Waals surface area contributed by atoms with Crippen LogP contribution in [0.4, 0.5) is 0 Å². The molecule has 0 amide bonds. The van der Waals surface area contributed by atoms with Crippen molar-refractivity contribution in [3.8, 4) is 0 Å². The first-order chi connectivity index (χ1) is 2.56. The van der Waals surface area contributed by atoms with E-state index in [1.165, 1.54) is 0 Å². The van der Waals surface area contributed by atoms with Crippen molar-refractivity contribution in [2.24, 2.45) is 0 Å². The van der Waals surface area contributed by atoms with Crippen LogP contribution in [0.3, 0.4) is 0 Å². The van der Waals surface area contributed by atoms with Crippen LogP contribution in [0, 0.1) is 0 Å². The summed E-state index contributed by atoms with van der Waals surface area (Å²) in [6.07, 6.45) is 0. The monoisotopic (exact) mass is 291 g/mol. The first kappa shape index (κ1) is 7.29. The van der Waals surface area contributed by atoms with Gasteiger partial charge in [-0.05, 0) is 0 Å². The summed E-state index contributed by atoms with van der Waals surface area (Å²) in [6.45, 7) is 6.76. The number of rotatable bonds is 0. The molecule has 33 valence electrons. The van der Waals surface area contributed by atoms with Gasteiger partial charge < -0.3 is 0 Å². The van der Waals surface area contributed by atoms with E-state index in [2.05, 4.69) is 29.0 Å². The van der Waals surface area contributed by atoms with Crippen LogP contribution in [0.5, 0.6) is 0 Å². The molecule has 0 saturated carbocycles. The van der Waals surface area contributed by atoms with Gasteiger partial charge in [0.05, 0.1) is 0 Å². The van der Waals surface area contributed by atoms with Gasteiger partial charge in [0.2, 0.25) is 0 Å². The first-order valence-electron chi connectivity index (χ1n) is 1.99. The summed E-state index contributed by atoms with van der Waals surface area (Å²) in [5, 5.41) is 0. The minimum atomic E-state index is 0.545. The van der Waals surface area contributed by atoms with Crippen LogP contribution in [0.15, 0.2) is 0 Å². The minimum absolute atomic E-state index is 0.545. The molecule has 0 spiro atoms. The normalized spacial score (nSPS) is 12.2. The number of hydrogen-bond donors (Lipinski definition) is 0. The summed E-state index contributed by atoms with van der Waals surface area (Å²) in [4.78, 5) is 0. The molecule has 6 heavy (non-hydrogen) atoms. The molecule has 0 bridgehead atoms. The summed E-state index contributed by atoms with van der Waals surface area (Å²) in [5.74, 6) is 0. The Labute approximate surface area is 58.2 Å². The van der Waals surface area contributed by atoms with E-state index in [9.17, 15) is 0 Å². The predicted molar refractivity (Wildman–Crippen MR) is 27.3 cm³/mol. The molecule has 0 aliphatic carbocycles. The van der Waals surface area contributed by atoms with E-state index in [0.717, 1.165) is 24.6 Å². The molecule has 0 heterocycles. The van der Waals surface area contributed by atoms with Crippen LogP contribution >= 0.6 is 8.24 Å². The van der Waals surface area contributed by atoms with Gasteiger partial charge in [-0.1, -0.05) is 0 Å². The van der Waals surface area contributed by atoms with Crippen LogP contribution in [0.2, 0.25) is 0 Å². The van der Waals surface area contributed by atoms with Crippen molar-refractivity contribution in [3.05, 3.63) is 0 Å². The van der Waals surface area contributed by atoms with Gasteiger partial charge in [0.15, 0.2) is 0 Å². The van der Waals surface area contributed by atoms with Gasteiger partial charge >= 0.3 is 58.4 Å². The van der Waals surface area contributed by atoms with Gasteiger partial charge in [0, 0.05) is 0 Å². The Bertz CT molecular complexity index is 37.3. The van der Waals surface area contributed by atoms with E-state index in [1.807, 2.05) is 0 Å². The van der Waals surface area contributed by atoms with Crippen molar-refractivity contribution in [1.29, 1.82) is 0 Å². The SMILES string of the molecule is CC(C)(C)[S][Hg]. The van der Waals surface area contributed by atoms with Crippen molar-refractivity contribution in [2.45, 2.75) is 25.5 Å². The second-order valence-corrected chi connectivity index (χ2v) is 7.14. The molecule has 0 aliphatic heterocycles. The van der Waals surface area contributed by atoms with Crippen molar-refractivity contribution >= 4 is 8.24 Å². The van der Waals surface area contributed by atoms with Gasteiger partial charge in [0.1, 0.15) is 0 Å². The summed E-state index contributed by atoms with van der Waals surface area (Å²) in [7, 11) is 2.08. The van der Waals surface area contributed by atoms with Gasteiger partial charge in [0.25, 0.3) is 0 Å². The number of hydrogen-bond acceptors (Lipinski definition) is 1. The molecule has 0 radical (unpaired) electrons. The Hall–Kier alpha value is 1.29. The van der Waals surface area contributed by atoms with Gasteiger partial charge in [-0.2, -0.15) is 0 Å². The standard InChI is InChI=1S/C4H10S.Hg/c1-4(2,3)5;/h5H,1-3H3;/q;+1/p-1. The van der Waals surface area contributed by atoms with Gasteiger partial charge in [-0.15, -0.1) is 0 Å². The Balaban J connectivity index is 3.17. The first-order valence-corrected chi connectivity index (χ1v) is 9.71. The maximum absolute atomic E-state index is 2.25.